The molecule has 1 aromatic heterocycles. The number of carboxylic acids is 1. The molecule has 1 aliphatic rings. The molecule has 2 rings (SSSR count). The smallest absolute Gasteiger partial charge is 0.304 e. The van der Waals surface area contributed by atoms with Gasteiger partial charge in [-0.2, -0.15) is 0 Å². The van der Waals surface area contributed by atoms with E-state index in [1.807, 2.05) is 0 Å². The first-order chi connectivity index (χ1) is 6.68. The fourth-order valence-electron chi connectivity index (χ4n) is 1.82. The monoisotopic (exact) mass is 194 g/mol. The Hall–Kier alpha value is -1.58. The van der Waals surface area contributed by atoms with Gasteiger partial charge in [-0.3, -0.25) is 9.59 Å². The van der Waals surface area contributed by atoms with E-state index in [0.29, 0.717) is 24.2 Å². The number of fused-ring (bicyclic) bond motifs is 1. The molecule has 4 nitrogen and oxygen atoms in total. The van der Waals surface area contributed by atoms with Crippen LogP contribution in [0.4, 0.5) is 0 Å². The van der Waals surface area contributed by atoms with Crippen LogP contribution in [0.5, 0.6) is 0 Å². The molecule has 0 unspecified atom stereocenters. The lowest BCUT2D eigenvalue weighted by Crippen LogP contribution is -2.23. The third-order valence-electron chi connectivity index (χ3n) is 2.52. The van der Waals surface area contributed by atoms with Crippen molar-refractivity contribution in [1.29, 1.82) is 0 Å². The Kier molecular flexibility index (Phi) is 2.11. The van der Waals surface area contributed by atoms with E-state index < -0.39 is 5.97 Å². The van der Waals surface area contributed by atoms with Gasteiger partial charge < -0.3 is 9.52 Å². The van der Waals surface area contributed by atoms with Crippen LogP contribution in [0, 0.1) is 5.92 Å². The lowest BCUT2D eigenvalue weighted by Gasteiger charge is -2.17. The molecule has 0 spiro atoms. The summed E-state index contributed by atoms with van der Waals surface area (Å²) in [7, 11) is 0. The Morgan fingerprint density at radius 3 is 3.14 bits per heavy atom. The summed E-state index contributed by atoms with van der Waals surface area (Å²) in [6, 6.07) is 1.62. The number of carbonyl (C=O) groups excluding carboxylic acids is 1. The summed E-state index contributed by atoms with van der Waals surface area (Å²) in [6.07, 6.45) is 2.63. The maximum Gasteiger partial charge on any atom is 0.304 e. The Morgan fingerprint density at radius 1 is 1.64 bits per heavy atom. The number of carbonyl (C=O) groups is 2. The van der Waals surface area contributed by atoms with Gasteiger partial charge >= 0.3 is 5.97 Å². The number of hydrogen-bond acceptors (Lipinski definition) is 3. The van der Waals surface area contributed by atoms with Gasteiger partial charge in [0.15, 0.2) is 5.78 Å². The molecule has 1 N–H and O–H groups in total. The number of aliphatic carboxylic acids is 1. The molecule has 4 heteroatoms. The SMILES string of the molecule is O=C(O)C[C@H]1CCc2occc2C1=O. The van der Waals surface area contributed by atoms with Gasteiger partial charge in [0.25, 0.3) is 0 Å². The van der Waals surface area contributed by atoms with E-state index in [0.717, 1.165) is 0 Å². The molecule has 0 radical (unpaired) electrons. The van der Waals surface area contributed by atoms with E-state index in [-0.39, 0.29) is 18.1 Å². The van der Waals surface area contributed by atoms with E-state index in [1.165, 1.54) is 6.26 Å². The summed E-state index contributed by atoms with van der Waals surface area (Å²) in [4.78, 5) is 22.2. The van der Waals surface area contributed by atoms with Crippen LogP contribution in [0.15, 0.2) is 16.7 Å². The fraction of sp³-hybridized carbons (Fsp3) is 0.400. The van der Waals surface area contributed by atoms with Crippen LogP contribution in [0.1, 0.15) is 29.0 Å². The van der Waals surface area contributed by atoms with Gasteiger partial charge in [0.05, 0.1) is 18.2 Å². The van der Waals surface area contributed by atoms with Crippen LogP contribution in [0.3, 0.4) is 0 Å². The maximum atomic E-state index is 11.7. The average Bonchev–Trinajstić information content (AvgIpc) is 2.57. The van der Waals surface area contributed by atoms with Gasteiger partial charge in [-0.1, -0.05) is 0 Å². The Bertz CT molecular complexity index is 377. The van der Waals surface area contributed by atoms with Crippen LogP contribution in [-0.4, -0.2) is 16.9 Å². The van der Waals surface area contributed by atoms with Gasteiger partial charge in [0.1, 0.15) is 5.76 Å². The van der Waals surface area contributed by atoms with E-state index in [2.05, 4.69) is 0 Å². The van der Waals surface area contributed by atoms with Crippen molar-refractivity contribution in [3.8, 4) is 0 Å². The Labute approximate surface area is 80.5 Å². The van der Waals surface area contributed by atoms with Gasteiger partial charge in [-0.15, -0.1) is 0 Å². The molecule has 0 saturated carbocycles. The molecule has 0 saturated heterocycles. The standard InChI is InChI=1S/C10H10O4/c11-9(12)5-6-1-2-8-7(10(6)13)3-4-14-8/h3-4,6H,1-2,5H2,(H,11,12)/t6-/m1/s1. The molecule has 0 aromatic carbocycles. The van der Waals surface area contributed by atoms with Crippen molar-refractivity contribution < 1.29 is 19.1 Å². The molecule has 14 heavy (non-hydrogen) atoms. The minimum atomic E-state index is -0.921. The van der Waals surface area contributed by atoms with E-state index in [9.17, 15) is 9.59 Å². The molecular formula is C10H10O4. The first-order valence-corrected chi connectivity index (χ1v) is 4.51. The van der Waals surface area contributed by atoms with Gasteiger partial charge in [-0.05, 0) is 12.5 Å². The number of hydrogen-bond donors (Lipinski definition) is 1. The van der Waals surface area contributed by atoms with E-state index in [1.54, 1.807) is 6.07 Å². The highest BCUT2D eigenvalue weighted by Crippen LogP contribution is 2.28. The zero-order valence-electron chi connectivity index (χ0n) is 7.53. The largest absolute Gasteiger partial charge is 0.481 e. The summed E-state index contributed by atoms with van der Waals surface area (Å²) in [6.45, 7) is 0. The minimum absolute atomic E-state index is 0.0799. The van der Waals surface area contributed by atoms with Crippen LogP contribution in [0.2, 0.25) is 0 Å². The second-order valence-electron chi connectivity index (χ2n) is 3.46. The first-order valence-electron chi connectivity index (χ1n) is 4.51. The zero-order valence-corrected chi connectivity index (χ0v) is 7.53. The lowest BCUT2D eigenvalue weighted by atomic mass is 9.85. The predicted molar refractivity (Wildman–Crippen MR) is 47.1 cm³/mol. The van der Waals surface area contributed by atoms with Gasteiger partial charge in [-0.25, -0.2) is 0 Å². The highest BCUT2D eigenvalue weighted by Gasteiger charge is 2.30. The third-order valence-corrected chi connectivity index (χ3v) is 2.52. The van der Waals surface area contributed by atoms with Crippen LogP contribution in [0.25, 0.3) is 0 Å². The first kappa shape index (κ1) is 8.99. The second-order valence-corrected chi connectivity index (χ2v) is 3.46. The Balaban J connectivity index is 2.21. The molecule has 0 fully saturated rings. The average molecular weight is 194 g/mol. The number of Topliss-reactive ketones (excluding diaryl/α,β-unsaturated/α-hetero) is 1. The summed E-state index contributed by atoms with van der Waals surface area (Å²) in [5.41, 5.74) is 0.558. The maximum absolute atomic E-state index is 11.7. The van der Waals surface area contributed by atoms with Crippen LogP contribution >= 0.6 is 0 Å². The summed E-state index contributed by atoms with van der Waals surface area (Å²) in [5, 5.41) is 8.61. The quantitative estimate of drug-likeness (QED) is 0.774. The number of ketones is 1. The van der Waals surface area contributed by atoms with Crippen LogP contribution in [-0.2, 0) is 11.2 Å². The number of furan rings is 1. The predicted octanol–water partition coefficient (Wildman–Crippen LogP) is 1.50. The molecule has 0 aliphatic heterocycles. The van der Waals surface area contributed by atoms with Crippen molar-refractivity contribution in [2.45, 2.75) is 19.3 Å². The molecule has 1 atom stereocenters. The molecule has 0 bridgehead atoms. The van der Waals surface area contributed by atoms with E-state index in [4.69, 9.17) is 9.52 Å². The van der Waals surface area contributed by atoms with Crippen LogP contribution < -0.4 is 0 Å². The second kappa shape index (κ2) is 3.29. The molecule has 1 aromatic rings. The normalized spacial score (nSPS) is 20.6. The van der Waals surface area contributed by atoms with Gasteiger partial charge in [0.2, 0.25) is 0 Å². The number of aryl methyl sites for hydroxylation is 1. The lowest BCUT2D eigenvalue weighted by molar-refractivity contribution is -0.137. The van der Waals surface area contributed by atoms with E-state index >= 15 is 0 Å². The molecule has 1 aliphatic carbocycles. The number of rotatable bonds is 2. The number of carboxylic acid groups (broad SMARTS) is 1. The third kappa shape index (κ3) is 1.43. The van der Waals surface area contributed by atoms with Crippen molar-refractivity contribution >= 4 is 11.8 Å². The molecule has 0 amide bonds. The van der Waals surface area contributed by atoms with Gasteiger partial charge in [0, 0.05) is 12.3 Å². The van der Waals surface area contributed by atoms with Crippen molar-refractivity contribution in [3.63, 3.8) is 0 Å². The molecular weight excluding hydrogens is 184 g/mol. The van der Waals surface area contributed by atoms with Crippen molar-refractivity contribution in [1.82, 2.24) is 0 Å². The summed E-state index contributed by atoms with van der Waals surface area (Å²) in [5.74, 6) is -0.702. The molecule has 1 heterocycles. The minimum Gasteiger partial charge on any atom is -0.481 e. The highest BCUT2D eigenvalue weighted by atomic mass is 16.4. The highest BCUT2D eigenvalue weighted by molar-refractivity contribution is 6.01. The topological polar surface area (TPSA) is 67.5 Å². The van der Waals surface area contributed by atoms with Crippen molar-refractivity contribution in [3.05, 3.63) is 23.7 Å². The molecule has 74 valence electrons. The summed E-state index contributed by atoms with van der Waals surface area (Å²) < 4.78 is 5.11. The summed E-state index contributed by atoms with van der Waals surface area (Å²) >= 11 is 0. The van der Waals surface area contributed by atoms with Crippen molar-refractivity contribution in [2.75, 3.05) is 0 Å². The zero-order chi connectivity index (χ0) is 10.1. The fourth-order valence-corrected chi connectivity index (χ4v) is 1.82. The Morgan fingerprint density at radius 2 is 2.43 bits per heavy atom. The van der Waals surface area contributed by atoms with Crippen molar-refractivity contribution in [2.24, 2.45) is 5.92 Å².